The van der Waals surface area contributed by atoms with Crippen LogP contribution in [0.2, 0.25) is 5.02 Å². The number of methoxy groups -OCH3 is 1. The number of halogens is 1. The molecule has 1 unspecified atom stereocenters. The first-order chi connectivity index (χ1) is 16.3. The average Bonchev–Trinajstić information content (AvgIpc) is 3.23. The highest BCUT2D eigenvalue weighted by molar-refractivity contribution is 6.30. The molecular formula is C26H27ClN2O5. The van der Waals surface area contributed by atoms with Gasteiger partial charge in [0.1, 0.15) is 11.3 Å². The molecule has 0 aliphatic carbocycles. The molecule has 7 nitrogen and oxygen atoms in total. The third-order valence-corrected chi connectivity index (χ3v) is 6.72. The second-order valence-corrected chi connectivity index (χ2v) is 9.11. The highest BCUT2D eigenvalue weighted by atomic mass is 35.5. The van der Waals surface area contributed by atoms with E-state index in [1.807, 2.05) is 36.4 Å². The number of carbonyl (C=O) groups is 3. The molecule has 1 saturated heterocycles. The number of hydrogen-bond acceptors (Lipinski definition) is 5. The van der Waals surface area contributed by atoms with Gasteiger partial charge in [-0.05, 0) is 31.0 Å². The first kappa shape index (κ1) is 23.8. The minimum Gasteiger partial charge on any atom is -0.469 e. The van der Waals surface area contributed by atoms with Gasteiger partial charge >= 0.3 is 5.97 Å². The van der Waals surface area contributed by atoms with Crippen LogP contribution in [-0.4, -0.2) is 53.3 Å². The summed E-state index contributed by atoms with van der Waals surface area (Å²) in [6.45, 7) is 2.76. The van der Waals surface area contributed by atoms with E-state index in [-0.39, 0.29) is 31.2 Å². The van der Waals surface area contributed by atoms with Crippen molar-refractivity contribution >= 4 is 40.2 Å². The molecule has 0 saturated carbocycles. The van der Waals surface area contributed by atoms with Crippen molar-refractivity contribution in [2.75, 3.05) is 20.2 Å². The number of nitrogens with zero attached hydrogens (tertiary/aromatic N) is 2. The van der Waals surface area contributed by atoms with Gasteiger partial charge in [0.15, 0.2) is 0 Å². The minimum absolute atomic E-state index is 0.0677. The van der Waals surface area contributed by atoms with E-state index in [0.717, 1.165) is 16.3 Å². The Bertz CT molecular complexity index is 1210. The van der Waals surface area contributed by atoms with Crippen molar-refractivity contribution in [1.82, 2.24) is 9.80 Å². The fourth-order valence-corrected chi connectivity index (χ4v) is 4.46. The Kier molecular flexibility index (Phi) is 6.93. The summed E-state index contributed by atoms with van der Waals surface area (Å²) in [6.07, 6.45) is 2.33. The van der Waals surface area contributed by atoms with Gasteiger partial charge in [0.05, 0.1) is 26.2 Å². The number of fused-ring (bicyclic) bond motifs is 1. The number of ether oxygens (including phenoxy) is 1. The molecule has 8 heteroatoms. The van der Waals surface area contributed by atoms with Crippen LogP contribution in [0.15, 0.2) is 59.2 Å². The molecule has 2 aromatic carbocycles. The fraction of sp³-hybridized carbons (Fsp3) is 0.346. The number of esters is 1. The highest BCUT2D eigenvalue weighted by Crippen LogP contribution is 2.34. The van der Waals surface area contributed by atoms with Crippen LogP contribution in [0.25, 0.3) is 10.8 Å². The van der Waals surface area contributed by atoms with Crippen molar-refractivity contribution in [2.45, 2.75) is 38.3 Å². The lowest BCUT2D eigenvalue weighted by molar-refractivity contribution is -0.164. The predicted octanol–water partition coefficient (Wildman–Crippen LogP) is 4.21. The smallest absolute Gasteiger partial charge is 0.307 e. The average molecular weight is 483 g/mol. The Morgan fingerprint density at radius 1 is 1.15 bits per heavy atom. The minimum atomic E-state index is -0.984. The zero-order valence-electron chi connectivity index (χ0n) is 19.3. The summed E-state index contributed by atoms with van der Waals surface area (Å²) < 4.78 is 10.4. The number of benzene rings is 2. The van der Waals surface area contributed by atoms with Gasteiger partial charge in [-0.3, -0.25) is 14.4 Å². The Hall–Kier alpha value is -3.32. The second-order valence-electron chi connectivity index (χ2n) is 8.67. The second kappa shape index (κ2) is 9.89. The third-order valence-electron chi connectivity index (χ3n) is 6.47. The number of hydrogen-bond donors (Lipinski definition) is 0. The van der Waals surface area contributed by atoms with E-state index in [1.54, 1.807) is 35.1 Å². The SMILES string of the molecule is COC(=O)CCN(Cc1ccc(Cl)cc1)C(=O)C1(C)CCN1C(=O)Cc1occ2ccccc12. The van der Waals surface area contributed by atoms with Gasteiger partial charge in [-0.15, -0.1) is 0 Å². The van der Waals surface area contributed by atoms with Gasteiger partial charge in [-0.25, -0.2) is 0 Å². The highest BCUT2D eigenvalue weighted by Gasteiger charge is 2.51. The largest absolute Gasteiger partial charge is 0.469 e. The van der Waals surface area contributed by atoms with E-state index < -0.39 is 11.5 Å². The van der Waals surface area contributed by atoms with Gasteiger partial charge < -0.3 is 19.0 Å². The molecule has 0 bridgehead atoms. The summed E-state index contributed by atoms with van der Waals surface area (Å²) in [5, 5.41) is 2.43. The summed E-state index contributed by atoms with van der Waals surface area (Å²) in [4.78, 5) is 41.9. The molecule has 34 heavy (non-hydrogen) atoms. The Morgan fingerprint density at radius 3 is 2.56 bits per heavy atom. The van der Waals surface area contributed by atoms with Crippen LogP contribution in [-0.2, 0) is 32.1 Å². The summed E-state index contributed by atoms with van der Waals surface area (Å²) in [5.74, 6) is -0.173. The van der Waals surface area contributed by atoms with E-state index in [2.05, 4.69) is 0 Å². The van der Waals surface area contributed by atoms with Crippen molar-refractivity contribution in [3.05, 3.63) is 71.1 Å². The maximum absolute atomic E-state index is 13.7. The maximum atomic E-state index is 13.7. The van der Waals surface area contributed by atoms with E-state index in [4.69, 9.17) is 20.8 Å². The van der Waals surface area contributed by atoms with Crippen LogP contribution in [0, 0.1) is 0 Å². The van der Waals surface area contributed by atoms with Gasteiger partial charge in [0.25, 0.3) is 0 Å². The third kappa shape index (κ3) is 4.80. The summed E-state index contributed by atoms with van der Waals surface area (Å²) >= 11 is 5.99. The monoisotopic (exact) mass is 482 g/mol. The van der Waals surface area contributed by atoms with Crippen LogP contribution >= 0.6 is 11.6 Å². The number of furan rings is 1. The molecule has 178 valence electrons. The van der Waals surface area contributed by atoms with E-state index in [1.165, 1.54) is 7.11 Å². The molecule has 0 radical (unpaired) electrons. The van der Waals surface area contributed by atoms with Crippen LogP contribution in [0.4, 0.5) is 0 Å². The van der Waals surface area contributed by atoms with Crippen molar-refractivity contribution in [3.63, 3.8) is 0 Å². The molecule has 3 aromatic rings. The zero-order chi connectivity index (χ0) is 24.3. The van der Waals surface area contributed by atoms with Gasteiger partial charge in [0.2, 0.25) is 11.8 Å². The molecule has 1 aliphatic rings. The van der Waals surface area contributed by atoms with Crippen LogP contribution in [0.3, 0.4) is 0 Å². The Labute approximate surface area is 203 Å². The van der Waals surface area contributed by atoms with Crippen molar-refractivity contribution in [3.8, 4) is 0 Å². The fourth-order valence-electron chi connectivity index (χ4n) is 4.33. The Morgan fingerprint density at radius 2 is 1.88 bits per heavy atom. The molecule has 1 fully saturated rings. The summed E-state index contributed by atoms with van der Waals surface area (Å²) in [6, 6.07) is 14.9. The molecule has 2 heterocycles. The molecule has 0 N–H and O–H groups in total. The van der Waals surface area contributed by atoms with Crippen LogP contribution < -0.4 is 0 Å². The first-order valence-corrected chi connectivity index (χ1v) is 11.6. The first-order valence-electron chi connectivity index (χ1n) is 11.2. The van der Waals surface area contributed by atoms with E-state index in [9.17, 15) is 14.4 Å². The lowest BCUT2D eigenvalue weighted by atomic mass is 9.84. The quantitative estimate of drug-likeness (QED) is 0.449. The zero-order valence-corrected chi connectivity index (χ0v) is 20.0. The van der Waals surface area contributed by atoms with E-state index >= 15 is 0 Å². The van der Waals surface area contributed by atoms with Crippen molar-refractivity contribution in [1.29, 1.82) is 0 Å². The van der Waals surface area contributed by atoms with Crippen LogP contribution in [0.5, 0.6) is 0 Å². The summed E-state index contributed by atoms with van der Waals surface area (Å²) in [7, 11) is 1.32. The molecule has 4 rings (SSSR count). The Balaban J connectivity index is 1.51. The standard InChI is InChI=1S/C26H27ClN2O5/c1-26(12-14-29(26)23(30)15-22-21-6-4-3-5-19(21)17-34-22)25(32)28(13-11-24(31)33-2)16-18-7-9-20(27)10-8-18/h3-10,17H,11-16H2,1-2H3. The number of carbonyl (C=O) groups excluding carboxylic acids is 3. The molecule has 1 atom stereocenters. The number of rotatable bonds is 8. The van der Waals surface area contributed by atoms with E-state index in [0.29, 0.717) is 30.3 Å². The molecular weight excluding hydrogens is 456 g/mol. The van der Waals surface area contributed by atoms with Gasteiger partial charge in [-0.2, -0.15) is 0 Å². The lowest BCUT2D eigenvalue weighted by Crippen LogP contribution is -2.68. The molecule has 1 aromatic heterocycles. The summed E-state index contributed by atoms with van der Waals surface area (Å²) in [5.41, 5.74) is -0.104. The predicted molar refractivity (Wildman–Crippen MR) is 128 cm³/mol. The van der Waals surface area contributed by atoms with Crippen molar-refractivity contribution in [2.24, 2.45) is 0 Å². The molecule has 0 spiro atoms. The number of likely N-dealkylation sites (tertiary alicyclic amines) is 1. The van der Waals surface area contributed by atoms with Gasteiger partial charge in [0, 0.05) is 35.4 Å². The lowest BCUT2D eigenvalue weighted by Gasteiger charge is -2.51. The maximum Gasteiger partial charge on any atom is 0.307 e. The van der Waals surface area contributed by atoms with Crippen LogP contribution in [0.1, 0.15) is 31.1 Å². The number of amides is 2. The topological polar surface area (TPSA) is 80.1 Å². The molecule has 2 amide bonds. The normalized spacial score (nSPS) is 17.3. The van der Waals surface area contributed by atoms with Crippen molar-refractivity contribution < 1.29 is 23.5 Å². The molecule has 1 aliphatic heterocycles. The van der Waals surface area contributed by atoms with Gasteiger partial charge in [-0.1, -0.05) is 48.0 Å².